The van der Waals surface area contributed by atoms with Gasteiger partial charge in [0.05, 0.1) is 0 Å². The van der Waals surface area contributed by atoms with Crippen LogP contribution in [0.25, 0.3) is 0 Å². The van der Waals surface area contributed by atoms with Gasteiger partial charge in [-0.25, -0.2) is 0 Å². The summed E-state index contributed by atoms with van der Waals surface area (Å²) < 4.78 is 5.66. The molecule has 0 unspecified atom stereocenters. The Labute approximate surface area is 92.6 Å². The Morgan fingerprint density at radius 2 is 1.87 bits per heavy atom. The third kappa shape index (κ3) is 2.13. The molecule has 0 fully saturated rings. The van der Waals surface area contributed by atoms with Gasteiger partial charge in [-0.2, -0.15) is 0 Å². The summed E-state index contributed by atoms with van der Waals surface area (Å²) in [6.07, 6.45) is 11.1. The standard InChI is InChI=1S/C13H14OSi/c1-5-14-15(6-2,7-3)13-11-9-8-10-12(13)4/h2-3,8-11H,5H2,1,4H3. The van der Waals surface area contributed by atoms with Gasteiger partial charge in [-0.1, -0.05) is 35.4 Å². The van der Waals surface area contributed by atoms with Gasteiger partial charge in [0.15, 0.2) is 0 Å². The summed E-state index contributed by atoms with van der Waals surface area (Å²) in [5.74, 6) is 0. The van der Waals surface area contributed by atoms with Crippen LogP contribution in [0.15, 0.2) is 24.3 Å². The predicted molar refractivity (Wildman–Crippen MR) is 65.9 cm³/mol. The van der Waals surface area contributed by atoms with Gasteiger partial charge in [0.2, 0.25) is 0 Å². The minimum Gasteiger partial charge on any atom is -0.394 e. The second kappa shape index (κ2) is 4.84. The van der Waals surface area contributed by atoms with Crippen LogP contribution in [-0.2, 0) is 4.43 Å². The number of benzene rings is 1. The normalized spacial score (nSPS) is 10.4. The van der Waals surface area contributed by atoms with Gasteiger partial charge < -0.3 is 4.43 Å². The third-order valence-electron chi connectivity index (χ3n) is 2.29. The maximum absolute atomic E-state index is 5.66. The maximum atomic E-state index is 5.66. The van der Waals surface area contributed by atoms with Gasteiger partial charge in [-0.3, -0.25) is 0 Å². The Hall–Kier alpha value is -1.48. The fourth-order valence-electron chi connectivity index (χ4n) is 1.54. The van der Waals surface area contributed by atoms with E-state index in [-0.39, 0.29) is 0 Å². The second-order valence-electron chi connectivity index (χ2n) is 3.22. The largest absolute Gasteiger partial charge is 0.394 e. The molecular formula is C13H14OSi. The lowest BCUT2D eigenvalue weighted by Crippen LogP contribution is -2.50. The molecule has 76 valence electrons. The lowest BCUT2D eigenvalue weighted by Gasteiger charge is -2.21. The third-order valence-corrected chi connectivity index (χ3v) is 5.15. The Morgan fingerprint density at radius 1 is 1.27 bits per heavy atom. The molecule has 0 atom stereocenters. The number of hydrogen-bond donors (Lipinski definition) is 0. The molecule has 1 aromatic rings. The first kappa shape index (κ1) is 11.6. The predicted octanol–water partition coefficient (Wildman–Crippen LogP) is 1.53. The van der Waals surface area contributed by atoms with E-state index in [1.165, 1.54) is 0 Å². The molecule has 1 aromatic carbocycles. The Kier molecular flexibility index (Phi) is 3.74. The highest BCUT2D eigenvalue weighted by molar-refractivity contribution is 6.99. The molecule has 1 nitrogen and oxygen atoms in total. The molecule has 0 aliphatic rings. The zero-order valence-electron chi connectivity index (χ0n) is 9.08. The van der Waals surface area contributed by atoms with Gasteiger partial charge in [0.1, 0.15) is 0 Å². The quantitative estimate of drug-likeness (QED) is 0.548. The molecule has 1 rings (SSSR count). The minimum atomic E-state index is -2.61. The van der Waals surface area contributed by atoms with E-state index in [0.29, 0.717) is 6.61 Å². The lowest BCUT2D eigenvalue weighted by atomic mass is 10.2. The zero-order valence-corrected chi connectivity index (χ0v) is 10.1. The van der Waals surface area contributed by atoms with Crippen molar-refractivity contribution in [3.8, 4) is 23.9 Å². The highest BCUT2D eigenvalue weighted by Gasteiger charge is 2.34. The van der Waals surface area contributed by atoms with E-state index in [1.54, 1.807) is 0 Å². The van der Waals surface area contributed by atoms with Crippen molar-refractivity contribution in [3.05, 3.63) is 29.8 Å². The number of aryl methyl sites for hydroxylation is 1. The Balaban J connectivity index is 3.30. The summed E-state index contributed by atoms with van der Waals surface area (Å²) in [5, 5.41) is 1.01. The first-order valence-corrected chi connectivity index (χ1v) is 6.76. The molecular weight excluding hydrogens is 200 g/mol. The van der Waals surface area contributed by atoms with Crippen molar-refractivity contribution in [1.82, 2.24) is 0 Å². The van der Waals surface area contributed by atoms with E-state index in [2.05, 4.69) is 11.1 Å². The summed E-state index contributed by atoms with van der Waals surface area (Å²) in [5.41, 5.74) is 6.51. The fourth-order valence-corrected chi connectivity index (χ4v) is 3.66. The molecule has 0 heterocycles. The maximum Gasteiger partial charge on any atom is 0.386 e. The highest BCUT2D eigenvalue weighted by atomic mass is 28.4. The first-order chi connectivity index (χ1) is 7.20. The van der Waals surface area contributed by atoms with Crippen molar-refractivity contribution in [2.24, 2.45) is 0 Å². The molecule has 0 amide bonds. The van der Waals surface area contributed by atoms with E-state index < -0.39 is 8.32 Å². The number of hydrogen-bond acceptors (Lipinski definition) is 1. The fraction of sp³-hybridized carbons (Fsp3) is 0.231. The van der Waals surface area contributed by atoms with Crippen LogP contribution in [0.5, 0.6) is 0 Å². The van der Waals surface area contributed by atoms with Crippen molar-refractivity contribution in [2.45, 2.75) is 13.8 Å². The van der Waals surface area contributed by atoms with Gasteiger partial charge in [0, 0.05) is 6.61 Å². The van der Waals surface area contributed by atoms with Gasteiger partial charge in [-0.15, -0.1) is 12.8 Å². The van der Waals surface area contributed by atoms with Crippen LogP contribution in [0.2, 0.25) is 0 Å². The van der Waals surface area contributed by atoms with E-state index in [1.807, 2.05) is 38.1 Å². The molecule has 0 spiro atoms. The van der Waals surface area contributed by atoms with E-state index >= 15 is 0 Å². The van der Waals surface area contributed by atoms with Crippen LogP contribution in [0.4, 0.5) is 0 Å². The molecule has 0 aliphatic heterocycles. The first-order valence-electron chi connectivity index (χ1n) is 4.85. The SMILES string of the molecule is C#C[Si](C#C)(OCC)c1ccccc1C. The monoisotopic (exact) mass is 214 g/mol. The average Bonchev–Trinajstić information content (AvgIpc) is 2.27. The van der Waals surface area contributed by atoms with Crippen LogP contribution < -0.4 is 5.19 Å². The lowest BCUT2D eigenvalue weighted by molar-refractivity contribution is 0.349. The summed E-state index contributed by atoms with van der Waals surface area (Å²) >= 11 is 0. The topological polar surface area (TPSA) is 9.23 Å². The van der Waals surface area contributed by atoms with Crippen molar-refractivity contribution in [3.63, 3.8) is 0 Å². The molecule has 0 radical (unpaired) electrons. The Bertz CT molecular complexity index is 409. The molecule has 0 aliphatic carbocycles. The summed E-state index contributed by atoms with van der Waals surface area (Å²) in [6.45, 7) is 4.47. The summed E-state index contributed by atoms with van der Waals surface area (Å²) in [7, 11) is -2.61. The zero-order chi connectivity index (χ0) is 11.3. The van der Waals surface area contributed by atoms with Gasteiger partial charge in [-0.05, 0) is 24.6 Å². The van der Waals surface area contributed by atoms with E-state index in [0.717, 1.165) is 10.8 Å². The van der Waals surface area contributed by atoms with Gasteiger partial charge in [0.25, 0.3) is 0 Å². The number of terminal acetylenes is 2. The van der Waals surface area contributed by atoms with Crippen LogP contribution in [-0.4, -0.2) is 14.9 Å². The van der Waals surface area contributed by atoms with Gasteiger partial charge >= 0.3 is 8.32 Å². The van der Waals surface area contributed by atoms with Crippen molar-refractivity contribution >= 4 is 13.5 Å². The molecule has 15 heavy (non-hydrogen) atoms. The highest BCUT2D eigenvalue weighted by Crippen LogP contribution is 2.07. The van der Waals surface area contributed by atoms with Crippen LogP contribution in [0, 0.1) is 30.9 Å². The number of rotatable bonds is 3. The van der Waals surface area contributed by atoms with Crippen LogP contribution in [0.3, 0.4) is 0 Å². The summed E-state index contributed by atoms with van der Waals surface area (Å²) in [4.78, 5) is 0. The smallest absolute Gasteiger partial charge is 0.386 e. The summed E-state index contributed by atoms with van der Waals surface area (Å²) in [6, 6.07) is 7.89. The van der Waals surface area contributed by atoms with Crippen LogP contribution >= 0.6 is 0 Å². The minimum absolute atomic E-state index is 0.551. The molecule has 0 saturated carbocycles. The molecule has 0 aromatic heterocycles. The van der Waals surface area contributed by atoms with Crippen LogP contribution in [0.1, 0.15) is 12.5 Å². The molecule has 2 heteroatoms. The van der Waals surface area contributed by atoms with E-state index in [9.17, 15) is 0 Å². The van der Waals surface area contributed by atoms with Crippen molar-refractivity contribution in [1.29, 1.82) is 0 Å². The second-order valence-corrected chi connectivity index (χ2v) is 5.98. The molecule has 0 bridgehead atoms. The van der Waals surface area contributed by atoms with Crippen molar-refractivity contribution in [2.75, 3.05) is 6.61 Å². The molecule has 0 saturated heterocycles. The average molecular weight is 214 g/mol. The van der Waals surface area contributed by atoms with Crippen molar-refractivity contribution < 1.29 is 4.43 Å². The molecule has 0 N–H and O–H groups in total. The van der Waals surface area contributed by atoms with E-state index in [4.69, 9.17) is 17.3 Å². The Morgan fingerprint density at radius 3 is 2.33 bits per heavy atom.